The van der Waals surface area contributed by atoms with Gasteiger partial charge in [0.1, 0.15) is 0 Å². The average Bonchev–Trinajstić information content (AvgIpc) is 1.37. The fourth-order valence-corrected chi connectivity index (χ4v) is 0. The first kappa shape index (κ1) is 2.74. The molecule has 0 aliphatic rings. The third kappa shape index (κ3) is 0.740. The maximum atomic E-state index is 3.47. The maximum absolute atomic E-state index is 3.47. The SMILES string of the molecule is C=C[CH2][Lr]. The quantitative estimate of drug-likeness (QED) is 0.637. The Balaban J connectivity index is 2.30. The van der Waals surface area contributed by atoms with Gasteiger partial charge in [-0.25, -0.2) is 0 Å². The normalized spacial score (nSPS) is 6.50. The molecule has 0 heterocycles. The predicted molar refractivity (Wildman–Crippen MR) is 15.0 cm³/mol. The molecule has 0 aromatic heterocycles. The van der Waals surface area contributed by atoms with Gasteiger partial charge in [0.15, 0.2) is 0 Å². The number of hydrogen-bond donors (Lipinski definition) is 0. The van der Waals surface area contributed by atoms with Gasteiger partial charge in [-0.05, 0) is 0 Å². The molecule has 0 saturated heterocycles. The van der Waals surface area contributed by atoms with E-state index in [0.29, 0.717) is 0 Å². The van der Waals surface area contributed by atoms with Crippen LogP contribution in [0.1, 0.15) is 0 Å². The minimum absolute atomic E-state index is 1.03. The fourth-order valence-electron chi connectivity index (χ4n) is 0. The molecule has 0 radical (unpaired) electrons. The molecule has 0 bridgehead atoms. The van der Waals surface area contributed by atoms with Crippen molar-refractivity contribution >= 4 is 0 Å². The van der Waals surface area contributed by atoms with Crippen molar-refractivity contribution < 1.29 is 0 Å². The van der Waals surface area contributed by atoms with E-state index in [1.54, 1.807) is 0 Å². The van der Waals surface area contributed by atoms with Crippen LogP contribution in [0.3, 0.4) is 0 Å². The monoisotopic (exact) mass is 303 g/mol. The molecule has 0 rings (SSSR count). The second kappa shape index (κ2) is 1.74. The molecule has 0 unspecified atom stereocenters. The average molecular weight is 303 g/mol. The van der Waals surface area contributed by atoms with E-state index in [2.05, 4.69) is 6.58 Å². The summed E-state index contributed by atoms with van der Waals surface area (Å²) in [5.74, 6) is 0. The van der Waals surface area contributed by atoms with Crippen LogP contribution >= 0.6 is 0 Å². The summed E-state index contributed by atoms with van der Waals surface area (Å²) >= 11 is 0. The van der Waals surface area contributed by atoms with Crippen LogP contribution in [0.25, 0.3) is 0 Å². The van der Waals surface area contributed by atoms with Gasteiger partial charge < -0.3 is 0 Å². The Hall–Kier alpha value is -1.26. The van der Waals surface area contributed by atoms with Crippen LogP contribution in [0.5, 0.6) is 0 Å². The van der Waals surface area contributed by atoms with E-state index in [1.165, 1.54) is 0 Å². The van der Waals surface area contributed by atoms with Gasteiger partial charge in [-0.15, -0.1) is 0 Å². The van der Waals surface area contributed by atoms with Gasteiger partial charge in [-0.2, -0.15) is 0 Å². The Kier molecular flexibility index (Phi) is 1.19. The third-order valence-corrected chi connectivity index (χ3v) is 0.695. The van der Waals surface area contributed by atoms with Gasteiger partial charge in [0, 0.05) is 0 Å². The number of allylic oxidation sites excluding steroid dienone is 1. The zero-order valence-electron chi connectivity index (χ0n) is 2.25. The van der Waals surface area contributed by atoms with Gasteiger partial charge in [0.2, 0.25) is 0 Å². The van der Waals surface area contributed by atoms with Gasteiger partial charge >= 0.3 is 19.6 Å². The van der Waals surface area contributed by atoms with Crippen molar-refractivity contribution in [1.82, 2.24) is 0 Å². The number of hydrogen-bond acceptors (Lipinski definition) is 0. The third-order valence-electron chi connectivity index (χ3n) is 0.0745. The Labute approximate surface area is 20.8 Å². The van der Waals surface area contributed by atoms with Crippen molar-refractivity contribution in [3.05, 3.63) is 12.7 Å². The molecular formula is C3H5Lr. The minimum atomic E-state index is 1.03. The van der Waals surface area contributed by atoms with Crippen molar-refractivity contribution in [2.75, 3.05) is 0 Å². The van der Waals surface area contributed by atoms with E-state index in [9.17, 15) is 0 Å². The molecule has 0 aliphatic carbocycles. The summed E-state index contributed by atoms with van der Waals surface area (Å²) < 4.78 is 2.38. The zero-order valence-corrected chi connectivity index (χ0v) is 4.40. The second-order valence-electron chi connectivity index (χ2n) is 0.394. The summed E-state index contributed by atoms with van der Waals surface area (Å²) in [6.07, 6.45) is 1.85. The molecule has 0 aliphatic heterocycles. The summed E-state index contributed by atoms with van der Waals surface area (Å²) in [6, 6.07) is 0. The number of rotatable bonds is 1. The van der Waals surface area contributed by atoms with Crippen molar-refractivity contribution in [1.29, 1.82) is 0 Å². The van der Waals surface area contributed by atoms with Crippen LogP contribution in [-0.4, -0.2) is 0 Å². The summed E-state index contributed by atoms with van der Waals surface area (Å²) in [4.78, 5) is 0. The molecule has 0 aromatic rings. The van der Waals surface area contributed by atoms with Crippen LogP contribution in [0.2, 0.25) is 6.92 Å². The summed E-state index contributed by atoms with van der Waals surface area (Å²) in [6.45, 7) is 4.49. The Morgan fingerprint density at radius 1 is 2.00 bits per heavy atom. The first-order chi connectivity index (χ1) is 1.91. The molecule has 0 aromatic carbocycles. The Morgan fingerprint density at radius 3 is 2.25 bits per heavy atom. The van der Waals surface area contributed by atoms with Crippen LogP contribution in [-0.2, 0) is 0 Å². The van der Waals surface area contributed by atoms with Crippen molar-refractivity contribution in [2.45, 2.75) is 6.92 Å². The van der Waals surface area contributed by atoms with Crippen LogP contribution in [0.4, 0.5) is 0 Å². The molecular weight excluding hydrogens is 298 g/mol. The van der Waals surface area contributed by atoms with E-state index in [4.69, 9.17) is 0 Å². The van der Waals surface area contributed by atoms with E-state index in [0.717, 1.165) is 6.92 Å². The first-order valence-corrected chi connectivity index (χ1v) is 2.52. The Bertz CT molecular complexity index is 17.2. The van der Waals surface area contributed by atoms with Crippen molar-refractivity contribution in [3.8, 4) is 0 Å². The summed E-state index contributed by atoms with van der Waals surface area (Å²) in [5, 5.41) is 0. The molecule has 0 spiro atoms. The van der Waals surface area contributed by atoms with Crippen LogP contribution < -0.4 is 0 Å². The van der Waals surface area contributed by atoms with Gasteiger partial charge in [-0.1, -0.05) is 0 Å². The molecule has 0 atom stereocenters. The van der Waals surface area contributed by atoms with E-state index in [-0.39, 0.29) is 0 Å². The summed E-state index contributed by atoms with van der Waals surface area (Å²) in [7, 11) is 0. The molecule has 32 valence electrons. The fraction of sp³-hybridized carbons (Fsp3) is 0.333. The van der Waals surface area contributed by atoms with E-state index >= 15 is 0 Å². The van der Waals surface area contributed by atoms with E-state index < -0.39 is 0 Å². The Morgan fingerprint density at radius 2 is 2.25 bits per heavy atom. The molecule has 1 heteroatoms. The van der Waals surface area contributed by atoms with E-state index in [1.807, 2.05) is 6.08 Å². The van der Waals surface area contributed by atoms with Gasteiger partial charge in [0.25, 0.3) is 0 Å². The molecule has 0 N–H and O–H groups in total. The summed E-state index contributed by atoms with van der Waals surface area (Å²) in [5.41, 5.74) is 0. The van der Waals surface area contributed by atoms with Crippen molar-refractivity contribution in [2.24, 2.45) is 0 Å². The topological polar surface area (TPSA) is 0 Å². The molecule has 0 amide bonds. The second-order valence-corrected chi connectivity index (χ2v) is 1.27. The van der Waals surface area contributed by atoms with Crippen LogP contribution in [0, 0.1) is 0 Å². The van der Waals surface area contributed by atoms with Crippen LogP contribution in [0.15, 0.2) is 12.7 Å². The molecule has 4 heavy (non-hydrogen) atoms. The zero-order chi connectivity index (χ0) is 3.41. The molecule has 0 nitrogen and oxygen atoms in total. The van der Waals surface area contributed by atoms with Gasteiger partial charge in [-0.3, -0.25) is 0 Å². The molecule has 0 saturated carbocycles. The van der Waals surface area contributed by atoms with Gasteiger partial charge in [0.05, 0.1) is 0 Å². The van der Waals surface area contributed by atoms with Crippen molar-refractivity contribution in [3.63, 3.8) is 0 Å². The predicted octanol–water partition coefficient (Wildman–Crippen LogP) is 1.14. The standard InChI is InChI=1S/C3H5.Lr/c1-3-2;/h3H,1-2H2;. The first-order valence-electron chi connectivity index (χ1n) is 0.999. The molecule has 0 fully saturated rings.